The van der Waals surface area contributed by atoms with Crippen molar-refractivity contribution < 1.29 is 19.4 Å². The van der Waals surface area contributed by atoms with Crippen molar-refractivity contribution in [3.8, 4) is 0 Å². The first-order valence-electron chi connectivity index (χ1n) is 9.19. The van der Waals surface area contributed by atoms with E-state index in [0.717, 1.165) is 12.8 Å². The molecule has 1 unspecified atom stereocenters. The van der Waals surface area contributed by atoms with Crippen molar-refractivity contribution in [1.29, 1.82) is 0 Å². The molecule has 0 saturated carbocycles. The molecule has 5 heteroatoms. The minimum absolute atomic E-state index is 0.0530. The molecule has 1 N–H and O–H groups in total. The molecule has 0 aromatic rings. The molecule has 0 aromatic carbocycles. The number of ether oxygens (including phenoxy) is 1. The average Bonchev–Trinajstić information content (AvgIpc) is 2.83. The van der Waals surface area contributed by atoms with E-state index in [1.807, 2.05) is 18.2 Å². The van der Waals surface area contributed by atoms with Gasteiger partial charge in [0.1, 0.15) is 5.60 Å². The number of carbonyl (C=O) groups is 2. The van der Waals surface area contributed by atoms with Crippen LogP contribution in [-0.2, 0) is 14.3 Å². The van der Waals surface area contributed by atoms with Crippen LogP contribution in [0.25, 0.3) is 0 Å². The molecule has 4 nitrogen and oxygen atoms in total. The second-order valence-corrected chi connectivity index (χ2v) is 6.80. The summed E-state index contributed by atoms with van der Waals surface area (Å²) in [5.74, 6) is -0.577. The number of halogens is 1. The van der Waals surface area contributed by atoms with Crippen LogP contribution in [0, 0.1) is 0 Å². The fraction of sp³-hybridized carbons (Fsp3) is 0.524. The van der Waals surface area contributed by atoms with Crippen molar-refractivity contribution in [2.45, 2.75) is 63.9 Å². The van der Waals surface area contributed by atoms with Crippen LogP contribution < -0.4 is 0 Å². The number of aliphatic hydroxyl groups is 1. The summed E-state index contributed by atoms with van der Waals surface area (Å²) in [5.41, 5.74) is -1.07. The summed E-state index contributed by atoms with van der Waals surface area (Å²) in [4.78, 5) is 23.2. The monoisotopic (exact) mass is 380 g/mol. The third-order valence-corrected chi connectivity index (χ3v) is 4.52. The number of hydrogen-bond acceptors (Lipinski definition) is 4. The SMILES string of the molecule is CCCCC/C=C\CC1(O)C=C(Cl)C(=O)/C1=C/C=C\CCCC(=O)OC. The standard InChI is InChI=1S/C21H29ClO4/c1-3-4-5-6-9-12-15-21(25)16-18(22)20(24)17(21)13-10-7-8-11-14-19(23)26-2/h7,9-10,12-13,16,25H,3-6,8,11,14-15H2,1-2H3/b10-7-,12-9-,17-13-. The van der Waals surface area contributed by atoms with Crippen LogP contribution in [0.15, 0.2) is 47.1 Å². The van der Waals surface area contributed by atoms with Gasteiger partial charge in [-0.3, -0.25) is 9.59 Å². The smallest absolute Gasteiger partial charge is 0.305 e. The highest BCUT2D eigenvalue weighted by Crippen LogP contribution is 2.35. The first kappa shape index (κ1) is 22.4. The molecule has 0 spiro atoms. The van der Waals surface area contributed by atoms with Crippen molar-refractivity contribution in [2.24, 2.45) is 0 Å². The number of Topliss-reactive ketones (excluding diaryl/α,β-unsaturated/α-hetero) is 1. The molecule has 0 aliphatic heterocycles. The summed E-state index contributed by atoms with van der Waals surface area (Å²) >= 11 is 5.95. The molecule has 0 heterocycles. The zero-order valence-corrected chi connectivity index (χ0v) is 16.4. The van der Waals surface area contributed by atoms with E-state index in [9.17, 15) is 14.7 Å². The lowest BCUT2D eigenvalue weighted by Gasteiger charge is -2.20. The Morgan fingerprint density at radius 1 is 1.23 bits per heavy atom. The normalized spacial score (nSPS) is 21.9. The van der Waals surface area contributed by atoms with Crippen molar-refractivity contribution in [2.75, 3.05) is 7.11 Å². The van der Waals surface area contributed by atoms with Crippen molar-refractivity contribution in [3.63, 3.8) is 0 Å². The fourth-order valence-electron chi connectivity index (χ4n) is 2.69. The van der Waals surface area contributed by atoms with Crippen LogP contribution in [0.3, 0.4) is 0 Å². The second-order valence-electron chi connectivity index (χ2n) is 6.39. The van der Waals surface area contributed by atoms with Gasteiger partial charge >= 0.3 is 5.97 Å². The van der Waals surface area contributed by atoms with Gasteiger partial charge in [0.05, 0.1) is 12.1 Å². The van der Waals surface area contributed by atoms with Gasteiger partial charge < -0.3 is 9.84 Å². The largest absolute Gasteiger partial charge is 0.469 e. The molecule has 1 aliphatic carbocycles. The van der Waals surface area contributed by atoms with Crippen molar-refractivity contribution in [3.05, 3.63) is 47.1 Å². The van der Waals surface area contributed by atoms with Gasteiger partial charge in [-0.15, -0.1) is 0 Å². The van der Waals surface area contributed by atoms with Crippen LogP contribution in [-0.4, -0.2) is 29.6 Å². The predicted octanol–water partition coefficient (Wildman–Crippen LogP) is 4.78. The van der Waals surface area contributed by atoms with E-state index in [1.54, 1.807) is 12.2 Å². The van der Waals surface area contributed by atoms with Crippen molar-refractivity contribution >= 4 is 23.4 Å². The summed E-state index contributed by atoms with van der Waals surface area (Å²) in [6.45, 7) is 2.16. The Morgan fingerprint density at radius 3 is 2.65 bits per heavy atom. The van der Waals surface area contributed by atoms with Gasteiger partial charge in [0.2, 0.25) is 5.78 Å². The molecule has 0 fully saturated rings. The number of rotatable bonds is 11. The number of ketones is 1. The molecular formula is C21H29ClO4. The Hall–Kier alpha value is -1.65. The Balaban J connectivity index is 2.62. The minimum Gasteiger partial charge on any atom is -0.469 e. The zero-order valence-electron chi connectivity index (χ0n) is 15.7. The third-order valence-electron chi connectivity index (χ3n) is 4.24. The lowest BCUT2D eigenvalue weighted by atomic mass is 9.92. The Kier molecular flexibility index (Phi) is 10.2. The van der Waals surface area contributed by atoms with Crippen LogP contribution in [0.5, 0.6) is 0 Å². The van der Waals surface area contributed by atoms with Gasteiger partial charge in [0, 0.05) is 18.4 Å². The van der Waals surface area contributed by atoms with E-state index in [0.29, 0.717) is 25.7 Å². The third kappa shape index (κ3) is 7.30. The minimum atomic E-state index is -1.36. The average molecular weight is 381 g/mol. The number of methoxy groups -OCH3 is 1. The predicted molar refractivity (Wildman–Crippen MR) is 105 cm³/mol. The van der Waals surface area contributed by atoms with Crippen LogP contribution in [0.4, 0.5) is 0 Å². The number of carbonyl (C=O) groups excluding carboxylic acids is 2. The molecule has 1 atom stereocenters. The highest BCUT2D eigenvalue weighted by Gasteiger charge is 2.40. The van der Waals surface area contributed by atoms with Crippen molar-refractivity contribution in [1.82, 2.24) is 0 Å². The summed E-state index contributed by atoms with van der Waals surface area (Å²) in [5, 5.41) is 10.9. The Labute approximate surface area is 161 Å². The van der Waals surface area contributed by atoms with Gasteiger partial charge in [-0.05, 0) is 31.8 Å². The van der Waals surface area contributed by atoms with E-state index >= 15 is 0 Å². The number of esters is 1. The highest BCUT2D eigenvalue weighted by molar-refractivity contribution is 6.46. The Bertz CT molecular complexity index is 601. The molecule has 144 valence electrons. The first-order valence-corrected chi connectivity index (χ1v) is 9.57. The molecular weight excluding hydrogens is 352 g/mol. The summed E-state index contributed by atoms with van der Waals surface area (Å²) in [6.07, 6.45) is 17.0. The quantitative estimate of drug-likeness (QED) is 0.242. The number of hydrogen-bond donors (Lipinski definition) is 1. The summed E-state index contributed by atoms with van der Waals surface area (Å²) < 4.78 is 4.58. The van der Waals surface area contributed by atoms with E-state index in [2.05, 4.69) is 11.7 Å². The molecule has 0 saturated heterocycles. The molecule has 1 aliphatic rings. The molecule has 0 amide bonds. The zero-order chi connectivity index (χ0) is 19.4. The van der Waals surface area contributed by atoms with Crippen LogP contribution in [0.2, 0.25) is 0 Å². The molecule has 26 heavy (non-hydrogen) atoms. The van der Waals surface area contributed by atoms with Crippen LogP contribution >= 0.6 is 11.6 Å². The number of allylic oxidation sites excluding steroid dienone is 5. The fourth-order valence-corrected chi connectivity index (χ4v) is 2.97. The molecule has 0 aromatic heterocycles. The van der Waals surface area contributed by atoms with Gasteiger partial charge in [0.25, 0.3) is 0 Å². The summed E-state index contributed by atoms with van der Waals surface area (Å²) in [7, 11) is 1.37. The molecule has 1 rings (SSSR count). The highest BCUT2D eigenvalue weighted by atomic mass is 35.5. The lowest BCUT2D eigenvalue weighted by molar-refractivity contribution is -0.140. The first-order chi connectivity index (χ1) is 12.4. The Morgan fingerprint density at radius 2 is 1.96 bits per heavy atom. The van der Waals surface area contributed by atoms with E-state index < -0.39 is 5.60 Å². The van der Waals surface area contributed by atoms with E-state index in [1.165, 1.54) is 26.0 Å². The maximum Gasteiger partial charge on any atom is 0.305 e. The second kappa shape index (κ2) is 11.9. The van der Waals surface area contributed by atoms with Crippen LogP contribution in [0.1, 0.15) is 58.3 Å². The lowest BCUT2D eigenvalue weighted by Crippen LogP contribution is -2.27. The number of unbranched alkanes of at least 4 members (excludes halogenated alkanes) is 4. The van der Waals surface area contributed by atoms with Gasteiger partial charge in [-0.1, -0.05) is 61.7 Å². The van der Waals surface area contributed by atoms with Gasteiger partial charge in [0.15, 0.2) is 0 Å². The topological polar surface area (TPSA) is 63.6 Å². The van der Waals surface area contributed by atoms with Gasteiger partial charge in [-0.2, -0.15) is 0 Å². The maximum absolute atomic E-state index is 12.2. The van der Waals surface area contributed by atoms with Gasteiger partial charge in [-0.25, -0.2) is 0 Å². The molecule has 0 bridgehead atoms. The van der Waals surface area contributed by atoms with E-state index in [-0.39, 0.29) is 22.4 Å². The molecule has 0 radical (unpaired) electrons. The van der Waals surface area contributed by atoms with E-state index in [4.69, 9.17) is 11.6 Å². The summed E-state index contributed by atoms with van der Waals surface area (Å²) in [6, 6.07) is 0. The maximum atomic E-state index is 12.2.